The van der Waals surface area contributed by atoms with E-state index < -0.39 is 6.36 Å². The number of para-hydroxylation sites is 1. The quantitative estimate of drug-likeness (QED) is 0.811. The predicted molar refractivity (Wildman–Crippen MR) is 89.3 cm³/mol. The Morgan fingerprint density at radius 1 is 1.32 bits per heavy atom. The van der Waals surface area contributed by atoms with Gasteiger partial charge in [-0.25, -0.2) is 0 Å². The Balaban J connectivity index is 1.82. The smallest absolute Gasteiger partial charge is 0.406 e. The second-order valence-corrected chi connectivity index (χ2v) is 6.24. The topological polar surface area (TPSA) is 41.6 Å². The third-order valence-electron chi connectivity index (χ3n) is 4.51. The zero-order valence-corrected chi connectivity index (χ0v) is 14.4. The number of alkyl halides is 3. The van der Waals surface area contributed by atoms with Gasteiger partial charge >= 0.3 is 6.36 Å². The molecule has 2 rings (SSSR count). The number of nitrogens with zero attached hydrogens (tertiary/aromatic N) is 1. The minimum atomic E-state index is -4.73. The molecule has 1 fully saturated rings. The van der Waals surface area contributed by atoms with Gasteiger partial charge in [0.1, 0.15) is 5.75 Å². The van der Waals surface area contributed by atoms with Crippen LogP contribution in [0.2, 0.25) is 0 Å². The molecule has 25 heavy (non-hydrogen) atoms. The van der Waals surface area contributed by atoms with Crippen molar-refractivity contribution in [2.75, 3.05) is 19.6 Å². The standard InChI is InChI=1S/C18H25F3N2O2/c1-2-23-12-6-5-8-15(23)13-22-17(24)11-10-14-7-3-4-9-16(14)25-18(19,20)21/h3-4,7,9,15H,2,5-6,8,10-13H2,1H3,(H,22,24). The van der Waals surface area contributed by atoms with Gasteiger partial charge in [0.2, 0.25) is 5.91 Å². The van der Waals surface area contributed by atoms with Crippen molar-refractivity contribution >= 4 is 5.91 Å². The van der Waals surface area contributed by atoms with Crippen LogP contribution in [0.5, 0.6) is 5.75 Å². The molecule has 1 aliphatic rings. The van der Waals surface area contributed by atoms with Crippen molar-refractivity contribution < 1.29 is 22.7 Å². The van der Waals surface area contributed by atoms with Gasteiger partial charge in [0.15, 0.2) is 0 Å². The van der Waals surface area contributed by atoms with Crippen LogP contribution in [0.3, 0.4) is 0 Å². The highest BCUT2D eigenvalue weighted by molar-refractivity contribution is 5.76. The zero-order valence-electron chi connectivity index (χ0n) is 14.4. The maximum absolute atomic E-state index is 12.4. The van der Waals surface area contributed by atoms with E-state index in [4.69, 9.17) is 0 Å². The van der Waals surface area contributed by atoms with Crippen LogP contribution in [-0.2, 0) is 11.2 Å². The van der Waals surface area contributed by atoms with E-state index in [1.807, 2.05) is 0 Å². The van der Waals surface area contributed by atoms with Crippen LogP contribution < -0.4 is 10.1 Å². The minimum Gasteiger partial charge on any atom is -0.406 e. The first-order chi connectivity index (χ1) is 11.9. The van der Waals surface area contributed by atoms with Crippen LogP contribution in [0.25, 0.3) is 0 Å². The number of rotatable bonds is 7. The first-order valence-corrected chi connectivity index (χ1v) is 8.73. The van der Waals surface area contributed by atoms with E-state index in [-0.39, 0.29) is 24.5 Å². The van der Waals surface area contributed by atoms with Crippen LogP contribution in [0, 0.1) is 0 Å². The molecule has 1 saturated heterocycles. The number of halogens is 3. The lowest BCUT2D eigenvalue weighted by Gasteiger charge is -2.34. The Kier molecular flexibility index (Phi) is 7.11. The van der Waals surface area contributed by atoms with Gasteiger partial charge in [0, 0.05) is 19.0 Å². The number of carbonyl (C=O) groups excluding carboxylic acids is 1. The number of hydrogen-bond donors (Lipinski definition) is 1. The molecule has 1 amide bonds. The fourth-order valence-electron chi connectivity index (χ4n) is 3.21. The van der Waals surface area contributed by atoms with Crippen molar-refractivity contribution in [3.8, 4) is 5.75 Å². The van der Waals surface area contributed by atoms with Gasteiger partial charge in [-0.15, -0.1) is 13.2 Å². The second-order valence-electron chi connectivity index (χ2n) is 6.24. The number of piperidine rings is 1. The van der Waals surface area contributed by atoms with Crippen molar-refractivity contribution in [1.82, 2.24) is 10.2 Å². The van der Waals surface area contributed by atoms with Gasteiger partial charge in [0.25, 0.3) is 0 Å². The number of nitrogens with one attached hydrogen (secondary N) is 1. The summed E-state index contributed by atoms with van der Waals surface area (Å²) in [4.78, 5) is 14.4. The molecule has 0 aliphatic carbocycles. The monoisotopic (exact) mass is 358 g/mol. The summed E-state index contributed by atoms with van der Waals surface area (Å²) in [5.41, 5.74) is 0.378. The fourth-order valence-corrected chi connectivity index (χ4v) is 3.21. The third kappa shape index (κ3) is 6.57. The van der Waals surface area contributed by atoms with E-state index in [1.54, 1.807) is 12.1 Å². The number of ether oxygens (including phenoxy) is 1. The van der Waals surface area contributed by atoms with Gasteiger partial charge < -0.3 is 10.1 Å². The van der Waals surface area contributed by atoms with Gasteiger partial charge in [-0.3, -0.25) is 9.69 Å². The summed E-state index contributed by atoms with van der Waals surface area (Å²) in [6.45, 7) is 4.72. The summed E-state index contributed by atoms with van der Waals surface area (Å²) in [5.74, 6) is -0.393. The molecule has 1 atom stereocenters. The van der Waals surface area contributed by atoms with Crippen molar-refractivity contribution in [2.45, 2.75) is 51.4 Å². The van der Waals surface area contributed by atoms with Crippen molar-refractivity contribution in [3.63, 3.8) is 0 Å². The van der Waals surface area contributed by atoms with E-state index >= 15 is 0 Å². The van der Waals surface area contributed by atoms with Crippen molar-refractivity contribution in [2.24, 2.45) is 0 Å². The van der Waals surface area contributed by atoms with Gasteiger partial charge in [-0.05, 0) is 44.0 Å². The Hall–Kier alpha value is -1.76. The van der Waals surface area contributed by atoms with E-state index in [9.17, 15) is 18.0 Å². The highest BCUT2D eigenvalue weighted by Gasteiger charge is 2.32. The molecule has 1 aromatic carbocycles. The molecule has 1 N–H and O–H groups in total. The summed E-state index contributed by atoms with van der Waals surface area (Å²) in [5, 5.41) is 2.91. The Labute approximate surface area is 146 Å². The highest BCUT2D eigenvalue weighted by atomic mass is 19.4. The number of likely N-dealkylation sites (N-methyl/N-ethyl adjacent to an activating group) is 1. The molecular weight excluding hydrogens is 333 g/mol. The van der Waals surface area contributed by atoms with Crippen LogP contribution in [0.1, 0.15) is 38.2 Å². The number of amides is 1. The minimum absolute atomic E-state index is 0.136. The molecule has 140 valence electrons. The molecule has 1 aliphatic heterocycles. The van der Waals surface area contributed by atoms with Crippen LogP contribution >= 0.6 is 0 Å². The largest absolute Gasteiger partial charge is 0.573 e. The van der Waals surface area contributed by atoms with Crippen LogP contribution in [-0.4, -0.2) is 42.8 Å². The summed E-state index contributed by atoms with van der Waals surface area (Å²) in [6.07, 6.45) is -0.968. The van der Waals surface area contributed by atoms with Crippen molar-refractivity contribution in [3.05, 3.63) is 29.8 Å². The molecule has 1 heterocycles. The fraction of sp³-hybridized carbons (Fsp3) is 0.611. The zero-order chi connectivity index (χ0) is 18.3. The molecule has 0 radical (unpaired) electrons. The highest BCUT2D eigenvalue weighted by Crippen LogP contribution is 2.27. The van der Waals surface area contributed by atoms with Crippen LogP contribution in [0.15, 0.2) is 24.3 Å². The summed E-state index contributed by atoms with van der Waals surface area (Å²) >= 11 is 0. The molecule has 0 bridgehead atoms. The molecule has 1 unspecified atom stereocenters. The molecule has 7 heteroatoms. The summed E-state index contributed by atoms with van der Waals surface area (Å²) in [6, 6.07) is 6.28. The van der Waals surface area contributed by atoms with E-state index in [2.05, 4.69) is 21.9 Å². The molecule has 1 aromatic rings. The Morgan fingerprint density at radius 3 is 2.80 bits per heavy atom. The average Bonchev–Trinajstić information content (AvgIpc) is 2.58. The van der Waals surface area contributed by atoms with E-state index in [0.717, 1.165) is 19.5 Å². The van der Waals surface area contributed by atoms with E-state index in [0.29, 0.717) is 18.2 Å². The first kappa shape index (κ1) is 19.6. The lowest BCUT2D eigenvalue weighted by molar-refractivity contribution is -0.274. The number of likely N-dealkylation sites (tertiary alicyclic amines) is 1. The lowest BCUT2D eigenvalue weighted by Crippen LogP contribution is -2.46. The summed E-state index contributed by atoms with van der Waals surface area (Å²) < 4.78 is 41.2. The lowest BCUT2D eigenvalue weighted by atomic mass is 10.0. The Bertz CT molecular complexity index is 563. The van der Waals surface area contributed by atoms with Gasteiger partial charge in [-0.1, -0.05) is 31.5 Å². The molecular formula is C18H25F3N2O2. The molecule has 0 spiro atoms. The number of benzene rings is 1. The van der Waals surface area contributed by atoms with Gasteiger partial charge in [0.05, 0.1) is 0 Å². The SMILES string of the molecule is CCN1CCCCC1CNC(=O)CCc1ccccc1OC(F)(F)F. The number of hydrogen-bond acceptors (Lipinski definition) is 3. The van der Waals surface area contributed by atoms with Crippen molar-refractivity contribution in [1.29, 1.82) is 0 Å². The van der Waals surface area contributed by atoms with Crippen LogP contribution in [0.4, 0.5) is 13.2 Å². The van der Waals surface area contributed by atoms with E-state index in [1.165, 1.54) is 25.0 Å². The first-order valence-electron chi connectivity index (χ1n) is 8.73. The second kappa shape index (κ2) is 9.08. The molecule has 4 nitrogen and oxygen atoms in total. The summed E-state index contributed by atoms with van der Waals surface area (Å²) in [7, 11) is 0. The van der Waals surface area contributed by atoms with Gasteiger partial charge in [-0.2, -0.15) is 0 Å². The molecule has 0 aromatic heterocycles. The number of carbonyl (C=O) groups is 1. The maximum Gasteiger partial charge on any atom is 0.573 e. The third-order valence-corrected chi connectivity index (χ3v) is 4.51. The Morgan fingerprint density at radius 2 is 2.08 bits per heavy atom. The normalized spacial score (nSPS) is 18.8. The molecule has 0 saturated carbocycles. The predicted octanol–water partition coefficient (Wildman–Crippen LogP) is 3.51. The average molecular weight is 358 g/mol. The number of aryl methyl sites for hydroxylation is 1. The maximum atomic E-state index is 12.4.